The third kappa shape index (κ3) is 5.70. The van der Waals surface area contributed by atoms with E-state index in [0.29, 0.717) is 35.4 Å². The summed E-state index contributed by atoms with van der Waals surface area (Å²) in [5.41, 5.74) is 3.36. The molecule has 2 heterocycles. The first-order valence-corrected chi connectivity index (χ1v) is 10.8. The quantitative estimate of drug-likeness (QED) is 0.371. The fourth-order valence-electron chi connectivity index (χ4n) is 3.39. The molecule has 33 heavy (non-hydrogen) atoms. The number of benzene rings is 2. The third-order valence-corrected chi connectivity index (χ3v) is 5.34. The summed E-state index contributed by atoms with van der Waals surface area (Å²) in [6.45, 7) is 2.80. The van der Waals surface area contributed by atoms with Gasteiger partial charge in [0.05, 0.1) is 18.8 Å². The second-order valence-corrected chi connectivity index (χ2v) is 7.95. The van der Waals surface area contributed by atoms with Gasteiger partial charge in [-0.25, -0.2) is 4.79 Å². The molecule has 0 aliphatic carbocycles. The molecule has 1 N–H and O–H groups in total. The van der Waals surface area contributed by atoms with E-state index in [1.165, 1.54) is 4.90 Å². The van der Waals surface area contributed by atoms with Crippen LogP contribution >= 0.6 is 11.6 Å². The topological polar surface area (TPSA) is 80.5 Å². The van der Waals surface area contributed by atoms with Crippen LogP contribution in [0.1, 0.15) is 22.5 Å². The van der Waals surface area contributed by atoms with E-state index in [9.17, 15) is 9.90 Å². The van der Waals surface area contributed by atoms with Crippen LogP contribution in [0.15, 0.2) is 79.0 Å². The lowest BCUT2D eigenvalue weighted by Gasteiger charge is -2.16. The van der Waals surface area contributed by atoms with Crippen LogP contribution in [0.3, 0.4) is 0 Å². The van der Waals surface area contributed by atoms with Crippen LogP contribution in [0.25, 0.3) is 0 Å². The first kappa shape index (κ1) is 22.4. The second-order valence-electron chi connectivity index (χ2n) is 7.52. The monoisotopic (exact) mass is 462 g/mol. The lowest BCUT2D eigenvalue weighted by atomic mass is 10.2. The SMILES string of the molecule is Cc1cc(N(Cc2ccccn2)C(=O)O)nn1Cc1cc(Cl)ccc1OCc1ccccc1. The molecular weight excluding hydrogens is 440 g/mol. The van der Waals surface area contributed by atoms with Crippen LogP contribution < -0.4 is 9.64 Å². The first-order valence-electron chi connectivity index (χ1n) is 10.4. The first-order chi connectivity index (χ1) is 16.0. The molecule has 0 aliphatic rings. The van der Waals surface area contributed by atoms with E-state index in [2.05, 4.69) is 10.1 Å². The van der Waals surface area contributed by atoms with Crippen molar-refractivity contribution in [2.45, 2.75) is 26.6 Å². The Hall–Kier alpha value is -3.84. The number of halogens is 1. The van der Waals surface area contributed by atoms with Gasteiger partial charge in [-0.05, 0) is 42.8 Å². The predicted molar refractivity (Wildman–Crippen MR) is 127 cm³/mol. The Bertz CT molecular complexity index is 1230. The number of carbonyl (C=O) groups is 1. The molecule has 2 aromatic heterocycles. The number of hydrogen-bond acceptors (Lipinski definition) is 4. The van der Waals surface area contributed by atoms with E-state index in [1.54, 1.807) is 35.1 Å². The van der Waals surface area contributed by atoms with Crippen LogP contribution in [0.5, 0.6) is 5.75 Å². The maximum atomic E-state index is 11.9. The van der Waals surface area contributed by atoms with Crippen molar-refractivity contribution in [3.8, 4) is 5.75 Å². The minimum Gasteiger partial charge on any atom is -0.489 e. The van der Waals surface area contributed by atoms with Gasteiger partial charge in [0.1, 0.15) is 12.4 Å². The number of hydrogen-bond donors (Lipinski definition) is 1. The van der Waals surface area contributed by atoms with Crippen LogP contribution in [0, 0.1) is 6.92 Å². The Labute approximate surface area is 196 Å². The summed E-state index contributed by atoms with van der Waals surface area (Å²) in [5.74, 6) is 1.03. The van der Waals surface area contributed by atoms with Crippen molar-refractivity contribution < 1.29 is 14.6 Å². The zero-order valence-electron chi connectivity index (χ0n) is 18.1. The highest BCUT2D eigenvalue weighted by atomic mass is 35.5. The van der Waals surface area contributed by atoms with Gasteiger partial charge in [-0.1, -0.05) is 48.0 Å². The molecule has 0 spiro atoms. The van der Waals surface area contributed by atoms with E-state index < -0.39 is 6.09 Å². The van der Waals surface area contributed by atoms with Gasteiger partial charge in [0.15, 0.2) is 5.82 Å². The maximum absolute atomic E-state index is 11.9. The van der Waals surface area contributed by atoms with Crippen molar-refractivity contribution in [3.05, 3.63) is 107 Å². The summed E-state index contributed by atoms with van der Waals surface area (Å²) in [6, 6.07) is 22.5. The molecule has 7 nitrogen and oxygen atoms in total. The number of carboxylic acid groups (broad SMARTS) is 1. The molecule has 0 bridgehead atoms. The third-order valence-electron chi connectivity index (χ3n) is 5.10. The zero-order chi connectivity index (χ0) is 23.2. The molecule has 0 saturated heterocycles. The molecule has 0 fully saturated rings. The molecule has 4 aromatic rings. The molecule has 2 aromatic carbocycles. The van der Waals surface area contributed by atoms with Crippen LogP contribution in [-0.4, -0.2) is 26.0 Å². The highest BCUT2D eigenvalue weighted by Crippen LogP contribution is 2.26. The molecule has 0 aliphatic heterocycles. The summed E-state index contributed by atoms with van der Waals surface area (Å²) in [6.07, 6.45) is 0.537. The van der Waals surface area contributed by atoms with Crippen molar-refractivity contribution in [1.82, 2.24) is 14.8 Å². The lowest BCUT2D eigenvalue weighted by molar-refractivity contribution is 0.201. The Balaban J connectivity index is 1.56. The summed E-state index contributed by atoms with van der Waals surface area (Å²) in [4.78, 5) is 17.3. The number of pyridine rings is 1. The summed E-state index contributed by atoms with van der Waals surface area (Å²) >= 11 is 6.25. The Morgan fingerprint density at radius 2 is 1.88 bits per heavy atom. The molecule has 0 atom stereocenters. The molecule has 168 valence electrons. The number of ether oxygens (including phenoxy) is 1. The van der Waals surface area contributed by atoms with Gasteiger partial charge < -0.3 is 9.84 Å². The standard InChI is InChI=1S/C25H23ClN4O3/c1-18-13-24(29(25(31)32)16-22-9-5-6-12-27-22)28-30(18)15-20-14-21(26)10-11-23(20)33-17-19-7-3-2-4-8-19/h2-14H,15-17H2,1H3,(H,31,32). The van der Waals surface area contributed by atoms with Gasteiger partial charge in [0, 0.05) is 28.5 Å². The number of anilines is 1. The number of amides is 1. The molecule has 1 amide bonds. The van der Waals surface area contributed by atoms with Gasteiger partial charge in [-0.3, -0.25) is 14.6 Å². The van der Waals surface area contributed by atoms with Gasteiger partial charge in [0.2, 0.25) is 0 Å². The van der Waals surface area contributed by atoms with Gasteiger partial charge >= 0.3 is 6.09 Å². The lowest BCUT2D eigenvalue weighted by Crippen LogP contribution is -2.29. The van der Waals surface area contributed by atoms with Crippen molar-refractivity contribution in [3.63, 3.8) is 0 Å². The van der Waals surface area contributed by atoms with Crippen molar-refractivity contribution >= 4 is 23.5 Å². The molecule has 8 heteroatoms. The number of aryl methyl sites for hydroxylation is 1. The number of rotatable bonds is 8. The fraction of sp³-hybridized carbons (Fsp3) is 0.160. The normalized spacial score (nSPS) is 10.7. The molecule has 0 radical (unpaired) electrons. The van der Waals surface area contributed by atoms with Gasteiger partial charge in [0.25, 0.3) is 0 Å². The molecular formula is C25H23ClN4O3. The van der Waals surface area contributed by atoms with Crippen LogP contribution in [-0.2, 0) is 19.7 Å². The average Bonchev–Trinajstić information content (AvgIpc) is 3.17. The summed E-state index contributed by atoms with van der Waals surface area (Å²) < 4.78 is 7.79. The van der Waals surface area contributed by atoms with E-state index in [1.807, 2.05) is 55.5 Å². The smallest absolute Gasteiger partial charge is 0.413 e. The van der Waals surface area contributed by atoms with E-state index in [0.717, 1.165) is 16.8 Å². The fourth-order valence-corrected chi connectivity index (χ4v) is 3.59. The minimum atomic E-state index is -1.10. The highest BCUT2D eigenvalue weighted by Gasteiger charge is 2.20. The van der Waals surface area contributed by atoms with E-state index in [4.69, 9.17) is 16.3 Å². The second kappa shape index (κ2) is 10.2. The number of nitrogens with zero attached hydrogens (tertiary/aromatic N) is 4. The van der Waals surface area contributed by atoms with Crippen LogP contribution in [0.2, 0.25) is 5.02 Å². The average molecular weight is 463 g/mol. The van der Waals surface area contributed by atoms with Gasteiger partial charge in [-0.15, -0.1) is 0 Å². The van der Waals surface area contributed by atoms with Gasteiger partial charge in [-0.2, -0.15) is 5.10 Å². The minimum absolute atomic E-state index is 0.106. The number of aromatic nitrogens is 3. The summed E-state index contributed by atoms with van der Waals surface area (Å²) in [5, 5.41) is 14.9. The molecule has 0 unspecified atom stereocenters. The maximum Gasteiger partial charge on any atom is 0.413 e. The van der Waals surface area contributed by atoms with Crippen molar-refractivity contribution in [2.75, 3.05) is 4.90 Å². The van der Waals surface area contributed by atoms with E-state index in [-0.39, 0.29) is 6.54 Å². The Kier molecular flexibility index (Phi) is 6.90. The Morgan fingerprint density at radius 1 is 1.09 bits per heavy atom. The van der Waals surface area contributed by atoms with Crippen molar-refractivity contribution in [2.24, 2.45) is 0 Å². The predicted octanol–water partition coefficient (Wildman–Crippen LogP) is 5.55. The van der Waals surface area contributed by atoms with Crippen molar-refractivity contribution in [1.29, 1.82) is 0 Å². The Morgan fingerprint density at radius 3 is 2.61 bits per heavy atom. The summed E-state index contributed by atoms with van der Waals surface area (Å²) in [7, 11) is 0. The molecule has 4 rings (SSSR count). The largest absolute Gasteiger partial charge is 0.489 e. The van der Waals surface area contributed by atoms with E-state index >= 15 is 0 Å². The molecule has 0 saturated carbocycles. The van der Waals surface area contributed by atoms with Crippen LogP contribution in [0.4, 0.5) is 10.6 Å². The highest BCUT2D eigenvalue weighted by molar-refractivity contribution is 6.30. The zero-order valence-corrected chi connectivity index (χ0v) is 18.8.